The molecule has 0 bridgehead atoms. The van der Waals surface area contributed by atoms with Crippen LogP contribution in [0.1, 0.15) is 0 Å². The van der Waals surface area contributed by atoms with Crippen LogP contribution in [0.4, 0.5) is 0 Å². The predicted octanol–water partition coefficient (Wildman–Crippen LogP) is -0.483. The Kier molecular flexibility index (Phi) is 36.1. The van der Waals surface area contributed by atoms with Crippen molar-refractivity contribution in [3.8, 4) is 0 Å². The van der Waals surface area contributed by atoms with Crippen LogP contribution in [0.3, 0.4) is 0 Å². The summed E-state index contributed by atoms with van der Waals surface area (Å²) in [5.74, 6) is 0. The van der Waals surface area contributed by atoms with Crippen LogP contribution in [0.5, 0.6) is 0 Å². The van der Waals surface area contributed by atoms with Gasteiger partial charge in [-0.25, -0.2) is 0 Å². The molecule has 0 atom stereocenters. The second-order valence-corrected chi connectivity index (χ2v) is 0.447. The van der Waals surface area contributed by atoms with E-state index in [4.69, 9.17) is 30.6 Å². The summed E-state index contributed by atoms with van der Waals surface area (Å²) in [6.45, 7) is 0. The molecule has 0 heterocycles. The van der Waals surface area contributed by atoms with Crippen LogP contribution in [0.15, 0.2) is 0 Å². The summed E-state index contributed by atoms with van der Waals surface area (Å²) in [6, 6.07) is 0. The Hall–Kier alpha value is 0.166. The van der Waals surface area contributed by atoms with E-state index in [9.17, 15) is 0 Å². The van der Waals surface area contributed by atoms with E-state index in [1.165, 1.54) is 0 Å². The van der Waals surface area contributed by atoms with Gasteiger partial charge < -0.3 is 30.6 Å². The van der Waals surface area contributed by atoms with E-state index in [0.29, 0.717) is 0 Å². The molecule has 0 N–H and O–H groups in total. The topological polar surface area (TPSA) is 132 Å². The third-order valence-corrected chi connectivity index (χ3v) is 0. The summed E-state index contributed by atoms with van der Waals surface area (Å²) < 4.78 is 0. The van der Waals surface area contributed by atoms with Gasteiger partial charge in [-0.05, 0) is 0 Å². The second kappa shape index (κ2) is 16.1. The summed E-state index contributed by atoms with van der Waals surface area (Å²) in [7, 11) is 0. The van der Waals surface area contributed by atoms with Crippen molar-refractivity contribution < 1.29 is 62.6 Å². The Labute approximate surface area is 92.7 Å². The molecule has 0 aliphatic heterocycles. The third-order valence-electron chi connectivity index (χ3n) is 0. The summed E-state index contributed by atoms with van der Waals surface area (Å²) >= 11 is 0. The Morgan fingerprint density at radius 3 is 0.700 bits per heavy atom. The van der Waals surface area contributed by atoms with E-state index in [1.54, 1.807) is 0 Å². The van der Waals surface area contributed by atoms with Crippen molar-refractivity contribution in [2.24, 2.45) is 0 Å². The van der Waals surface area contributed by atoms with Crippen molar-refractivity contribution in [3.05, 3.63) is 30.6 Å². The minimum atomic E-state index is -1.75. The van der Waals surface area contributed by atoms with E-state index < -0.39 is 10.2 Å². The number of hydrogen-bond acceptors (Lipinski definition) is 6. The van der Waals surface area contributed by atoms with Crippen molar-refractivity contribution in [2.75, 3.05) is 0 Å². The average Bonchev–Trinajstić information content (AvgIpc) is 1.25. The Balaban J connectivity index is -0.0000000300. The molecule has 0 aromatic heterocycles. The van der Waals surface area contributed by atoms with Crippen molar-refractivity contribution in [2.45, 2.75) is 0 Å². The molecule has 0 aliphatic carbocycles. The van der Waals surface area contributed by atoms with Crippen LogP contribution in [-0.4, -0.2) is 10.2 Å². The van der Waals surface area contributed by atoms with Gasteiger partial charge in [0.05, 0.1) is 10.2 Å². The van der Waals surface area contributed by atoms with Crippen LogP contribution in [-0.2, 0) is 52.4 Å². The zero-order valence-corrected chi connectivity index (χ0v) is 9.26. The molecule has 10 heteroatoms. The van der Waals surface area contributed by atoms with Crippen molar-refractivity contribution in [3.63, 3.8) is 0 Å². The molecule has 0 amide bonds. The van der Waals surface area contributed by atoms with Crippen molar-refractivity contribution >= 4 is 0 Å². The fourth-order valence-electron chi connectivity index (χ4n) is 0. The van der Waals surface area contributed by atoms with E-state index in [1.807, 2.05) is 0 Å². The van der Waals surface area contributed by atoms with Crippen LogP contribution < -0.4 is 0 Å². The molecule has 0 saturated carbocycles. The molecule has 8 nitrogen and oxygen atoms in total. The van der Waals surface area contributed by atoms with E-state index >= 15 is 0 Å². The van der Waals surface area contributed by atoms with Crippen molar-refractivity contribution in [1.82, 2.24) is 0 Å². The first kappa shape index (κ1) is 22.5. The molecule has 0 aromatic rings. The summed E-state index contributed by atoms with van der Waals surface area (Å²) in [4.78, 5) is 16.5. The largest absolute Gasteiger partial charge is 4.00 e. The SMILES string of the molecule is O=[N+]([O-])[O-].O=[N+]([O-])[O-].[Zr+4].[Zr+4]. The second-order valence-electron chi connectivity index (χ2n) is 0.447. The maximum absolute atomic E-state index is 8.25. The summed E-state index contributed by atoms with van der Waals surface area (Å²) in [6.07, 6.45) is 0. The fourth-order valence-corrected chi connectivity index (χ4v) is 0. The van der Waals surface area contributed by atoms with Gasteiger partial charge in [-0.1, -0.05) is 0 Å². The van der Waals surface area contributed by atoms with Gasteiger partial charge in [0.15, 0.2) is 0 Å². The van der Waals surface area contributed by atoms with E-state index in [2.05, 4.69) is 0 Å². The van der Waals surface area contributed by atoms with Gasteiger partial charge >= 0.3 is 52.4 Å². The first-order valence-electron chi connectivity index (χ1n) is 1.10. The molecule has 0 saturated heterocycles. The molecule has 48 valence electrons. The van der Waals surface area contributed by atoms with Crippen LogP contribution in [0, 0.1) is 30.6 Å². The van der Waals surface area contributed by atoms with Gasteiger partial charge in [-0.3, -0.25) is 0 Å². The zero-order valence-electron chi connectivity index (χ0n) is 4.34. The maximum atomic E-state index is 8.25. The maximum Gasteiger partial charge on any atom is 4.00 e. The first-order valence-corrected chi connectivity index (χ1v) is 1.10. The summed E-state index contributed by atoms with van der Waals surface area (Å²) in [5.41, 5.74) is 0. The van der Waals surface area contributed by atoms with E-state index in [-0.39, 0.29) is 52.4 Å². The minimum absolute atomic E-state index is 0. The van der Waals surface area contributed by atoms with Crippen molar-refractivity contribution in [1.29, 1.82) is 0 Å². The normalized spacial score (nSPS) is 4.80. The molecular weight excluding hydrogens is 306 g/mol. The number of nitrogens with zero attached hydrogens (tertiary/aromatic N) is 2. The Morgan fingerprint density at radius 2 is 0.700 bits per heavy atom. The quantitative estimate of drug-likeness (QED) is 0.438. The number of hydrogen-bond donors (Lipinski definition) is 0. The molecule has 0 spiro atoms. The van der Waals surface area contributed by atoms with Crippen LogP contribution in [0.25, 0.3) is 0 Å². The standard InChI is InChI=1S/2NO3.2Zr/c2*2-1(3)4;;/q2*-1;2*+4. The fraction of sp³-hybridized carbons (Fsp3) is 0. The van der Waals surface area contributed by atoms with Gasteiger partial charge in [-0.15, -0.1) is 0 Å². The smallest absolute Gasteiger partial charge is 0.356 e. The first-order chi connectivity index (χ1) is 3.46. The molecule has 0 aromatic carbocycles. The van der Waals surface area contributed by atoms with Crippen LogP contribution >= 0.6 is 0 Å². The number of rotatable bonds is 0. The Morgan fingerprint density at radius 1 is 0.700 bits per heavy atom. The monoisotopic (exact) mass is 304 g/mol. The summed E-state index contributed by atoms with van der Waals surface area (Å²) in [5, 5.41) is 29.5. The molecule has 0 rings (SSSR count). The van der Waals surface area contributed by atoms with Gasteiger partial charge in [0.2, 0.25) is 0 Å². The molecule has 0 fully saturated rings. The Bertz CT molecular complexity index is 71.7. The van der Waals surface area contributed by atoms with Crippen LogP contribution in [0.2, 0.25) is 0 Å². The molecule has 10 heavy (non-hydrogen) atoms. The molecular formula is N2O6Zr2+6. The van der Waals surface area contributed by atoms with Gasteiger partial charge in [0.25, 0.3) is 0 Å². The van der Waals surface area contributed by atoms with E-state index in [0.717, 1.165) is 0 Å². The van der Waals surface area contributed by atoms with Gasteiger partial charge in [-0.2, -0.15) is 0 Å². The third kappa shape index (κ3) is 15200. The molecule has 0 aliphatic rings. The average molecular weight is 306 g/mol. The minimum Gasteiger partial charge on any atom is -0.356 e. The molecule has 0 radical (unpaired) electrons. The zero-order chi connectivity index (χ0) is 7.15. The van der Waals surface area contributed by atoms with Gasteiger partial charge in [0, 0.05) is 0 Å². The molecule has 0 unspecified atom stereocenters. The van der Waals surface area contributed by atoms with Gasteiger partial charge in [0.1, 0.15) is 0 Å². The predicted molar refractivity (Wildman–Crippen MR) is 20.7 cm³/mol.